The van der Waals surface area contributed by atoms with Gasteiger partial charge in [0.15, 0.2) is 5.82 Å². The number of para-hydroxylation sites is 1. The molecule has 0 unspecified atom stereocenters. The van der Waals surface area contributed by atoms with Gasteiger partial charge < -0.3 is 21.1 Å². The predicted octanol–water partition coefficient (Wildman–Crippen LogP) is 3.41. The minimum absolute atomic E-state index is 0.250. The number of hydrogen-bond donors (Lipinski definition) is 3. The normalized spacial score (nSPS) is 13.2. The maximum Gasteiger partial charge on any atom is 0.319 e. The standard InChI is InChI=1S/C20H21N5O2/c1-27-16-11-7-13(8-12-16)17-18(23-20(26)22-14-9-10-14)19(21)25(24-17)15-5-3-2-4-6-15/h2-8,11-12,14H,9-10,21H2,1H3,(H2,22,23,26). The summed E-state index contributed by atoms with van der Waals surface area (Å²) in [4.78, 5) is 12.3. The van der Waals surface area contributed by atoms with E-state index in [-0.39, 0.29) is 12.1 Å². The van der Waals surface area contributed by atoms with E-state index in [2.05, 4.69) is 15.7 Å². The number of anilines is 2. The molecule has 1 aliphatic rings. The SMILES string of the molecule is COc1ccc(-c2nn(-c3ccccc3)c(N)c2NC(=O)NC2CC2)cc1. The van der Waals surface area contributed by atoms with Gasteiger partial charge in [-0.1, -0.05) is 18.2 Å². The van der Waals surface area contributed by atoms with E-state index < -0.39 is 0 Å². The summed E-state index contributed by atoms with van der Waals surface area (Å²) in [5, 5.41) is 10.5. The molecular formula is C20H21N5O2. The van der Waals surface area contributed by atoms with Crippen molar-refractivity contribution in [1.29, 1.82) is 0 Å². The Hall–Kier alpha value is -3.48. The molecule has 0 bridgehead atoms. The topological polar surface area (TPSA) is 94.2 Å². The third kappa shape index (κ3) is 3.57. The monoisotopic (exact) mass is 363 g/mol. The number of methoxy groups -OCH3 is 1. The van der Waals surface area contributed by atoms with Crippen LogP contribution in [-0.4, -0.2) is 29.0 Å². The Morgan fingerprint density at radius 1 is 1.15 bits per heavy atom. The molecule has 1 heterocycles. The van der Waals surface area contributed by atoms with Gasteiger partial charge in [0.1, 0.15) is 17.1 Å². The lowest BCUT2D eigenvalue weighted by Gasteiger charge is -2.08. The van der Waals surface area contributed by atoms with Gasteiger partial charge in [-0.05, 0) is 49.2 Å². The van der Waals surface area contributed by atoms with Gasteiger partial charge in [-0.15, -0.1) is 0 Å². The highest BCUT2D eigenvalue weighted by Gasteiger charge is 2.25. The number of carbonyl (C=O) groups excluding carboxylic acids is 1. The number of hydrogen-bond acceptors (Lipinski definition) is 4. The first kappa shape index (κ1) is 17.0. The van der Waals surface area contributed by atoms with Crippen LogP contribution in [0.5, 0.6) is 5.75 Å². The van der Waals surface area contributed by atoms with Gasteiger partial charge >= 0.3 is 6.03 Å². The number of carbonyl (C=O) groups is 1. The minimum Gasteiger partial charge on any atom is -0.497 e. The van der Waals surface area contributed by atoms with Gasteiger partial charge in [-0.25, -0.2) is 9.48 Å². The van der Waals surface area contributed by atoms with E-state index in [1.54, 1.807) is 11.8 Å². The summed E-state index contributed by atoms with van der Waals surface area (Å²) in [5.41, 5.74) is 9.10. The van der Waals surface area contributed by atoms with Crippen molar-refractivity contribution < 1.29 is 9.53 Å². The molecule has 27 heavy (non-hydrogen) atoms. The van der Waals surface area contributed by atoms with Crippen LogP contribution in [0.2, 0.25) is 0 Å². The molecule has 0 spiro atoms. The van der Waals surface area contributed by atoms with E-state index in [9.17, 15) is 4.79 Å². The van der Waals surface area contributed by atoms with Crippen molar-refractivity contribution >= 4 is 17.5 Å². The van der Waals surface area contributed by atoms with Gasteiger partial charge in [-0.3, -0.25) is 0 Å². The molecule has 2 amide bonds. The lowest BCUT2D eigenvalue weighted by atomic mass is 10.1. The highest BCUT2D eigenvalue weighted by Crippen LogP contribution is 2.35. The van der Waals surface area contributed by atoms with Crippen molar-refractivity contribution in [3.8, 4) is 22.7 Å². The summed E-state index contributed by atoms with van der Waals surface area (Å²) in [6.45, 7) is 0. The van der Waals surface area contributed by atoms with E-state index >= 15 is 0 Å². The third-order valence-corrected chi connectivity index (χ3v) is 4.44. The molecule has 4 rings (SSSR count). The number of aromatic nitrogens is 2. The molecule has 2 aromatic carbocycles. The average Bonchev–Trinajstić information content (AvgIpc) is 3.46. The fourth-order valence-corrected chi connectivity index (χ4v) is 2.83. The average molecular weight is 363 g/mol. The second-order valence-corrected chi connectivity index (χ2v) is 6.46. The summed E-state index contributed by atoms with van der Waals surface area (Å²) < 4.78 is 6.85. The molecule has 7 heteroatoms. The highest BCUT2D eigenvalue weighted by molar-refractivity contribution is 5.98. The number of amides is 2. The van der Waals surface area contributed by atoms with E-state index in [4.69, 9.17) is 10.5 Å². The van der Waals surface area contributed by atoms with Crippen LogP contribution in [-0.2, 0) is 0 Å². The Kier molecular flexibility index (Phi) is 4.42. The molecule has 1 fully saturated rings. The van der Waals surface area contributed by atoms with Crippen LogP contribution in [0.25, 0.3) is 16.9 Å². The zero-order valence-corrected chi connectivity index (χ0v) is 15.0. The number of nitrogens with one attached hydrogen (secondary N) is 2. The van der Waals surface area contributed by atoms with E-state index in [1.165, 1.54) is 0 Å². The van der Waals surface area contributed by atoms with Crippen LogP contribution in [0.15, 0.2) is 54.6 Å². The van der Waals surface area contributed by atoms with E-state index in [0.29, 0.717) is 17.2 Å². The second kappa shape index (κ2) is 7.03. The fourth-order valence-electron chi connectivity index (χ4n) is 2.83. The Labute approximate surface area is 157 Å². The van der Waals surface area contributed by atoms with Gasteiger partial charge in [0.25, 0.3) is 0 Å². The Morgan fingerprint density at radius 3 is 2.48 bits per heavy atom. The number of nitrogens with zero attached hydrogens (tertiary/aromatic N) is 2. The maximum absolute atomic E-state index is 12.3. The lowest BCUT2D eigenvalue weighted by Crippen LogP contribution is -2.30. The zero-order valence-electron chi connectivity index (χ0n) is 15.0. The van der Waals surface area contributed by atoms with Crippen LogP contribution >= 0.6 is 0 Å². The van der Waals surface area contributed by atoms with Crippen LogP contribution < -0.4 is 21.1 Å². The zero-order chi connectivity index (χ0) is 18.8. The molecule has 0 aliphatic heterocycles. The van der Waals surface area contributed by atoms with Crippen LogP contribution in [0.3, 0.4) is 0 Å². The number of rotatable bonds is 5. The Balaban J connectivity index is 1.75. The van der Waals surface area contributed by atoms with Crippen molar-refractivity contribution in [1.82, 2.24) is 15.1 Å². The molecular weight excluding hydrogens is 342 g/mol. The first-order valence-electron chi connectivity index (χ1n) is 8.81. The second-order valence-electron chi connectivity index (χ2n) is 6.46. The molecule has 4 N–H and O–H groups in total. The molecule has 1 aliphatic carbocycles. The van der Waals surface area contributed by atoms with Gasteiger partial charge in [-0.2, -0.15) is 5.10 Å². The Morgan fingerprint density at radius 2 is 1.85 bits per heavy atom. The number of nitrogen functional groups attached to an aromatic ring is 1. The summed E-state index contributed by atoms with van der Waals surface area (Å²) in [6, 6.07) is 17.0. The van der Waals surface area contributed by atoms with Crippen molar-refractivity contribution in [3.05, 3.63) is 54.6 Å². The van der Waals surface area contributed by atoms with Gasteiger partial charge in [0, 0.05) is 11.6 Å². The van der Waals surface area contributed by atoms with Crippen molar-refractivity contribution in [2.75, 3.05) is 18.2 Å². The van der Waals surface area contributed by atoms with Gasteiger partial charge in [0.05, 0.1) is 12.8 Å². The van der Waals surface area contributed by atoms with Crippen LogP contribution in [0.4, 0.5) is 16.3 Å². The highest BCUT2D eigenvalue weighted by atomic mass is 16.5. The summed E-state index contributed by atoms with van der Waals surface area (Å²) in [6.07, 6.45) is 2.02. The van der Waals surface area contributed by atoms with Crippen molar-refractivity contribution in [2.24, 2.45) is 0 Å². The predicted molar refractivity (Wildman–Crippen MR) is 105 cm³/mol. The molecule has 0 atom stereocenters. The summed E-state index contributed by atoms with van der Waals surface area (Å²) in [5.74, 6) is 1.12. The number of benzene rings is 2. The number of urea groups is 1. The number of nitrogens with two attached hydrogens (primary N) is 1. The molecule has 1 aromatic heterocycles. The third-order valence-electron chi connectivity index (χ3n) is 4.44. The fraction of sp³-hybridized carbons (Fsp3) is 0.200. The molecule has 0 saturated heterocycles. The van der Waals surface area contributed by atoms with Crippen LogP contribution in [0.1, 0.15) is 12.8 Å². The van der Waals surface area contributed by atoms with Gasteiger partial charge in [0.2, 0.25) is 0 Å². The lowest BCUT2D eigenvalue weighted by molar-refractivity contribution is 0.251. The first-order valence-corrected chi connectivity index (χ1v) is 8.81. The molecule has 7 nitrogen and oxygen atoms in total. The minimum atomic E-state index is -0.272. The smallest absolute Gasteiger partial charge is 0.319 e. The van der Waals surface area contributed by atoms with Crippen LogP contribution in [0, 0.1) is 0 Å². The quantitative estimate of drug-likeness (QED) is 0.647. The molecule has 1 saturated carbocycles. The van der Waals surface area contributed by atoms with Crippen molar-refractivity contribution in [2.45, 2.75) is 18.9 Å². The summed E-state index contributed by atoms with van der Waals surface area (Å²) >= 11 is 0. The van der Waals surface area contributed by atoms with E-state index in [0.717, 1.165) is 29.8 Å². The number of ether oxygens (including phenoxy) is 1. The Bertz CT molecular complexity index is 947. The molecule has 138 valence electrons. The first-order chi connectivity index (χ1) is 13.2. The van der Waals surface area contributed by atoms with E-state index in [1.807, 2.05) is 54.6 Å². The largest absolute Gasteiger partial charge is 0.497 e. The summed E-state index contributed by atoms with van der Waals surface area (Å²) in [7, 11) is 1.62. The molecule has 0 radical (unpaired) electrons. The van der Waals surface area contributed by atoms with Crippen molar-refractivity contribution in [3.63, 3.8) is 0 Å². The molecule has 3 aromatic rings. The maximum atomic E-state index is 12.3.